The molecule has 0 spiro atoms. The van der Waals surface area contributed by atoms with Gasteiger partial charge in [-0.2, -0.15) is 18.3 Å². The van der Waals surface area contributed by atoms with E-state index in [1.54, 1.807) is 18.2 Å². The van der Waals surface area contributed by atoms with Crippen LogP contribution in [-0.4, -0.2) is 19.2 Å². The Labute approximate surface area is 183 Å². The highest BCUT2D eigenvalue weighted by atomic mass is 19.4. The van der Waals surface area contributed by atoms with Crippen molar-refractivity contribution in [3.05, 3.63) is 95.1 Å². The van der Waals surface area contributed by atoms with E-state index in [2.05, 4.69) is 10.5 Å². The fourth-order valence-corrected chi connectivity index (χ4v) is 2.88. The maximum Gasteiger partial charge on any atom is 0.416 e. The number of amides is 1. The van der Waals surface area contributed by atoms with Crippen molar-refractivity contribution in [1.29, 1.82) is 0 Å². The van der Waals surface area contributed by atoms with Crippen LogP contribution in [0.15, 0.2) is 77.9 Å². The van der Waals surface area contributed by atoms with Crippen LogP contribution in [0.3, 0.4) is 0 Å². The second-order valence-electron chi connectivity index (χ2n) is 6.85. The Kier molecular flexibility index (Phi) is 7.49. The molecule has 3 aromatic rings. The molecule has 1 amide bonds. The number of halogens is 3. The highest BCUT2D eigenvalue weighted by Crippen LogP contribution is 2.30. The normalized spacial score (nSPS) is 11.4. The van der Waals surface area contributed by atoms with Gasteiger partial charge < -0.3 is 9.47 Å². The minimum atomic E-state index is -4.46. The largest absolute Gasteiger partial charge is 0.493 e. The lowest BCUT2D eigenvalue weighted by atomic mass is 10.1. The molecular weight excluding hydrogens is 421 g/mol. The highest BCUT2D eigenvalue weighted by molar-refractivity contribution is 5.84. The molecule has 8 heteroatoms. The Morgan fingerprint density at radius 1 is 0.969 bits per heavy atom. The zero-order chi connectivity index (χ0) is 23.0. The quantitative estimate of drug-likeness (QED) is 0.395. The average molecular weight is 442 g/mol. The van der Waals surface area contributed by atoms with Crippen molar-refractivity contribution >= 4 is 12.1 Å². The number of carbonyl (C=O) groups is 1. The molecule has 1 N–H and O–H groups in total. The van der Waals surface area contributed by atoms with Gasteiger partial charge in [-0.05, 0) is 41.0 Å². The van der Waals surface area contributed by atoms with E-state index in [1.807, 2.05) is 30.3 Å². The Bertz CT molecular complexity index is 1080. The Morgan fingerprint density at radius 2 is 1.72 bits per heavy atom. The number of nitrogens with zero attached hydrogens (tertiary/aromatic N) is 1. The average Bonchev–Trinajstić information content (AvgIpc) is 2.78. The summed E-state index contributed by atoms with van der Waals surface area (Å²) in [4.78, 5) is 12.0. The predicted octanol–water partition coefficient (Wildman–Crippen LogP) is 4.99. The van der Waals surface area contributed by atoms with Gasteiger partial charge in [0.25, 0.3) is 0 Å². The van der Waals surface area contributed by atoms with Crippen LogP contribution in [0, 0.1) is 0 Å². The summed E-state index contributed by atoms with van der Waals surface area (Å²) in [5.41, 5.74) is 3.42. The molecule has 5 nitrogen and oxygen atoms in total. The molecule has 166 valence electrons. The topological polar surface area (TPSA) is 59.9 Å². The van der Waals surface area contributed by atoms with Crippen molar-refractivity contribution in [3.63, 3.8) is 0 Å². The van der Waals surface area contributed by atoms with Gasteiger partial charge in [0.05, 0.1) is 25.3 Å². The second-order valence-corrected chi connectivity index (χ2v) is 6.85. The number of hydrogen-bond acceptors (Lipinski definition) is 4. The zero-order valence-electron chi connectivity index (χ0n) is 17.2. The Morgan fingerprint density at radius 3 is 2.44 bits per heavy atom. The maximum absolute atomic E-state index is 12.8. The molecule has 0 saturated heterocycles. The molecule has 32 heavy (non-hydrogen) atoms. The number of rotatable bonds is 8. The summed E-state index contributed by atoms with van der Waals surface area (Å²) in [7, 11) is 1.52. The van der Waals surface area contributed by atoms with Crippen molar-refractivity contribution in [2.24, 2.45) is 5.10 Å². The number of ether oxygens (including phenoxy) is 2. The van der Waals surface area contributed by atoms with E-state index in [1.165, 1.54) is 25.5 Å². The minimum absolute atomic E-state index is 0.225. The van der Waals surface area contributed by atoms with Crippen molar-refractivity contribution in [1.82, 2.24) is 5.43 Å². The van der Waals surface area contributed by atoms with Crippen molar-refractivity contribution in [3.8, 4) is 11.5 Å². The van der Waals surface area contributed by atoms with E-state index in [4.69, 9.17) is 9.47 Å². The summed E-state index contributed by atoms with van der Waals surface area (Å²) in [6.45, 7) is 0.385. The molecule has 0 fully saturated rings. The molecule has 0 bridgehead atoms. The van der Waals surface area contributed by atoms with Crippen LogP contribution in [0.1, 0.15) is 22.3 Å². The lowest BCUT2D eigenvalue weighted by Crippen LogP contribution is -2.20. The highest BCUT2D eigenvalue weighted by Gasteiger charge is 2.30. The smallest absolute Gasteiger partial charge is 0.416 e. The van der Waals surface area contributed by atoms with Gasteiger partial charge in [-0.1, -0.05) is 48.5 Å². The molecular formula is C24H21F3N2O3. The van der Waals surface area contributed by atoms with Gasteiger partial charge in [-0.15, -0.1) is 0 Å². The SMILES string of the molecule is COc1cc(/C=N/NC(=O)Cc2cccc(C(F)(F)F)c2)ccc1OCc1ccccc1. The number of hydrazone groups is 1. The molecule has 0 heterocycles. The van der Waals surface area contributed by atoms with Crippen LogP contribution in [0.2, 0.25) is 0 Å². The number of alkyl halides is 3. The van der Waals surface area contributed by atoms with Gasteiger partial charge in [0.1, 0.15) is 6.61 Å². The predicted molar refractivity (Wildman–Crippen MR) is 115 cm³/mol. The first kappa shape index (κ1) is 22.9. The van der Waals surface area contributed by atoms with Crippen molar-refractivity contribution < 1.29 is 27.4 Å². The molecule has 0 aliphatic heterocycles. The van der Waals surface area contributed by atoms with Gasteiger partial charge in [0.2, 0.25) is 5.91 Å². The molecule has 0 unspecified atom stereocenters. The van der Waals surface area contributed by atoms with E-state index in [9.17, 15) is 18.0 Å². The van der Waals surface area contributed by atoms with Crippen LogP contribution in [0.25, 0.3) is 0 Å². The molecule has 0 atom stereocenters. The summed E-state index contributed by atoms with van der Waals surface area (Å²) in [6, 6.07) is 19.5. The van der Waals surface area contributed by atoms with E-state index in [0.29, 0.717) is 23.7 Å². The third kappa shape index (κ3) is 6.60. The molecule has 0 aliphatic carbocycles. The standard InChI is InChI=1S/C24H21F3N2O3/c1-31-22-13-19(10-11-21(22)32-16-17-6-3-2-4-7-17)15-28-29-23(30)14-18-8-5-9-20(12-18)24(25,26)27/h2-13,15H,14,16H2,1H3,(H,29,30)/b28-15+. The van der Waals surface area contributed by atoms with Crippen LogP contribution in [-0.2, 0) is 24.0 Å². The summed E-state index contributed by atoms with van der Waals surface area (Å²) in [6.07, 6.45) is -3.27. The van der Waals surface area contributed by atoms with E-state index >= 15 is 0 Å². The summed E-state index contributed by atoms with van der Waals surface area (Å²) >= 11 is 0. The first-order chi connectivity index (χ1) is 15.3. The van der Waals surface area contributed by atoms with Gasteiger partial charge in [-0.25, -0.2) is 5.43 Å². The van der Waals surface area contributed by atoms with Crippen LogP contribution in [0.4, 0.5) is 13.2 Å². The van der Waals surface area contributed by atoms with Crippen LogP contribution < -0.4 is 14.9 Å². The minimum Gasteiger partial charge on any atom is -0.493 e. The molecule has 0 radical (unpaired) electrons. The van der Waals surface area contributed by atoms with E-state index in [-0.39, 0.29) is 12.0 Å². The number of carbonyl (C=O) groups excluding carboxylic acids is 1. The third-order valence-electron chi connectivity index (χ3n) is 4.45. The van der Waals surface area contributed by atoms with Crippen molar-refractivity contribution in [2.45, 2.75) is 19.2 Å². The fraction of sp³-hybridized carbons (Fsp3) is 0.167. The number of hydrogen-bond donors (Lipinski definition) is 1. The van der Waals surface area contributed by atoms with E-state index < -0.39 is 17.6 Å². The van der Waals surface area contributed by atoms with Gasteiger partial charge >= 0.3 is 6.18 Å². The Hall–Kier alpha value is -3.81. The summed E-state index contributed by atoms with van der Waals surface area (Å²) in [5.74, 6) is 0.526. The second kappa shape index (κ2) is 10.5. The third-order valence-corrected chi connectivity index (χ3v) is 4.45. The lowest BCUT2D eigenvalue weighted by Gasteiger charge is -2.11. The van der Waals surface area contributed by atoms with Crippen LogP contribution >= 0.6 is 0 Å². The van der Waals surface area contributed by atoms with E-state index in [0.717, 1.165) is 17.7 Å². The first-order valence-corrected chi connectivity index (χ1v) is 9.68. The summed E-state index contributed by atoms with van der Waals surface area (Å²) < 4.78 is 49.5. The zero-order valence-corrected chi connectivity index (χ0v) is 17.2. The van der Waals surface area contributed by atoms with Crippen LogP contribution in [0.5, 0.6) is 11.5 Å². The monoisotopic (exact) mass is 442 g/mol. The van der Waals surface area contributed by atoms with Gasteiger partial charge in [0.15, 0.2) is 11.5 Å². The molecule has 0 aliphatic rings. The maximum atomic E-state index is 12.8. The first-order valence-electron chi connectivity index (χ1n) is 9.68. The molecule has 0 aromatic heterocycles. The lowest BCUT2D eigenvalue weighted by molar-refractivity contribution is -0.137. The summed E-state index contributed by atoms with van der Waals surface area (Å²) in [5, 5.41) is 3.86. The van der Waals surface area contributed by atoms with Gasteiger partial charge in [-0.3, -0.25) is 4.79 Å². The van der Waals surface area contributed by atoms with Crippen molar-refractivity contribution in [2.75, 3.05) is 7.11 Å². The van der Waals surface area contributed by atoms with Gasteiger partial charge in [0, 0.05) is 0 Å². The molecule has 3 aromatic carbocycles. The number of benzene rings is 3. The number of methoxy groups -OCH3 is 1. The number of nitrogens with one attached hydrogen (secondary N) is 1. The fourth-order valence-electron chi connectivity index (χ4n) is 2.88. The molecule has 3 rings (SSSR count). The molecule has 0 saturated carbocycles. The Balaban J connectivity index is 1.57.